The maximum absolute atomic E-state index is 13.1. The second kappa shape index (κ2) is 8.15. The molecule has 28 heavy (non-hydrogen) atoms. The number of aromatic nitrogens is 1. The van der Waals surface area contributed by atoms with Crippen LogP contribution in [0.2, 0.25) is 0 Å². The molecule has 6 heteroatoms. The fourth-order valence-corrected chi connectivity index (χ4v) is 5.51. The topological polar surface area (TPSA) is 36.4 Å². The third-order valence-corrected chi connectivity index (χ3v) is 7.26. The third-order valence-electron chi connectivity index (χ3n) is 5.22. The number of benzene rings is 1. The quantitative estimate of drug-likeness (QED) is 0.621. The van der Waals surface area contributed by atoms with Crippen molar-refractivity contribution < 1.29 is 4.79 Å². The number of rotatable bonds is 4. The van der Waals surface area contributed by atoms with Crippen LogP contribution in [0.4, 0.5) is 0 Å². The standard InChI is InChI=1S/C22H25N3OS2/c1-15-6-7-19(16(2)13-15)21-23-17(3)20(28-21)22(26)25-10-8-24(9-11-25)14-18-5-4-12-27-18/h4-7,12-13H,8-11,14H2,1-3H3. The highest BCUT2D eigenvalue weighted by molar-refractivity contribution is 7.17. The Kier molecular flexibility index (Phi) is 5.62. The normalized spacial score (nSPS) is 15.2. The maximum atomic E-state index is 13.1. The van der Waals surface area contributed by atoms with Crippen LogP contribution in [0.3, 0.4) is 0 Å². The molecule has 4 rings (SSSR count). The summed E-state index contributed by atoms with van der Waals surface area (Å²) in [5.41, 5.74) is 4.41. The Bertz CT molecular complexity index is 970. The molecule has 1 fully saturated rings. The first-order chi connectivity index (χ1) is 13.5. The van der Waals surface area contributed by atoms with Gasteiger partial charge in [0, 0.05) is 43.2 Å². The van der Waals surface area contributed by atoms with Crippen LogP contribution >= 0.6 is 22.7 Å². The zero-order valence-electron chi connectivity index (χ0n) is 16.6. The number of hydrogen-bond donors (Lipinski definition) is 0. The van der Waals surface area contributed by atoms with Crippen molar-refractivity contribution in [2.75, 3.05) is 26.2 Å². The lowest BCUT2D eigenvalue weighted by molar-refractivity contribution is 0.0633. The van der Waals surface area contributed by atoms with Gasteiger partial charge in [0.05, 0.1) is 5.69 Å². The summed E-state index contributed by atoms with van der Waals surface area (Å²) < 4.78 is 0. The van der Waals surface area contributed by atoms with Gasteiger partial charge in [0.25, 0.3) is 5.91 Å². The van der Waals surface area contributed by atoms with Crippen LogP contribution in [0.25, 0.3) is 10.6 Å². The Labute approximate surface area is 174 Å². The maximum Gasteiger partial charge on any atom is 0.265 e. The average Bonchev–Trinajstić information content (AvgIpc) is 3.31. The summed E-state index contributed by atoms with van der Waals surface area (Å²) in [7, 11) is 0. The molecule has 146 valence electrons. The third kappa shape index (κ3) is 4.04. The van der Waals surface area contributed by atoms with Gasteiger partial charge in [-0.15, -0.1) is 22.7 Å². The first-order valence-corrected chi connectivity index (χ1v) is 11.3. The number of aryl methyl sites for hydroxylation is 3. The summed E-state index contributed by atoms with van der Waals surface area (Å²) in [6.45, 7) is 10.5. The molecule has 2 aromatic heterocycles. The monoisotopic (exact) mass is 411 g/mol. The molecule has 0 N–H and O–H groups in total. The van der Waals surface area contributed by atoms with Crippen molar-refractivity contribution in [2.45, 2.75) is 27.3 Å². The minimum atomic E-state index is 0.127. The van der Waals surface area contributed by atoms with Gasteiger partial charge in [-0.05, 0) is 37.8 Å². The number of carbonyl (C=O) groups is 1. The molecule has 0 aliphatic carbocycles. The molecular formula is C22H25N3OS2. The highest BCUT2D eigenvalue weighted by Crippen LogP contribution is 2.31. The summed E-state index contributed by atoms with van der Waals surface area (Å²) in [4.78, 5) is 24.4. The van der Waals surface area contributed by atoms with Crippen molar-refractivity contribution in [1.29, 1.82) is 0 Å². The number of carbonyl (C=O) groups excluding carboxylic acids is 1. The van der Waals surface area contributed by atoms with Crippen molar-refractivity contribution in [2.24, 2.45) is 0 Å². The molecule has 1 amide bonds. The van der Waals surface area contributed by atoms with E-state index < -0.39 is 0 Å². The van der Waals surface area contributed by atoms with Crippen LogP contribution < -0.4 is 0 Å². The number of thiazole rings is 1. The van der Waals surface area contributed by atoms with Crippen molar-refractivity contribution in [3.8, 4) is 10.6 Å². The minimum Gasteiger partial charge on any atom is -0.335 e. The van der Waals surface area contributed by atoms with Crippen LogP contribution in [0.1, 0.15) is 31.4 Å². The smallest absolute Gasteiger partial charge is 0.265 e. The lowest BCUT2D eigenvalue weighted by Crippen LogP contribution is -2.48. The fraction of sp³-hybridized carbons (Fsp3) is 0.364. The molecule has 1 saturated heterocycles. The molecule has 4 nitrogen and oxygen atoms in total. The molecule has 0 radical (unpaired) electrons. The van der Waals surface area contributed by atoms with Crippen LogP contribution in [-0.2, 0) is 6.54 Å². The molecule has 1 aliphatic heterocycles. The van der Waals surface area contributed by atoms with E-state index >= 15 is 0 Å². The van der Waals surface area contributed by atoms with Gasteiger partial charge in [-0.3, -0.25) is 9.69 Å². The van der Waals surface area contributed by atoms with Gasteiger partial charge in [-0.25, -0.2) is 4.98 Å². The van der Waals surface area contributed by atoms with E-state index in [1.165, 1.54) is 27.3 Å². The van der Waals surface area contributed by atoms with E-state index in [1.54, 1.807) is 11.3 Å². The number of nitrogens with zero attached hydrogens (tertiary/aromatic N) is 3. The van der Waals surface area contributed by atoms with Crippen molar-refractivity contribution in [3.05, 3.63) is 62.3 Å². The van der Waals surface area contributed by atoms with E-state index in [4.69, 9.17) is 4.98 Å². The minimum absolute atomic E-state index is 0.127. The van der Waals surface area contributed by atoms with Gasteiger partial charge in [-0.1, -0.05) is 29.8 Å². The van der Waals surface area contributed by atoms with Gasteiger partial charge in [0.1, 0.15) is 9.88 Å². The lowest BCUT2D eigenvalue weighted by atomic mass is 10.1. The summed E-state index contributed by atoms with van der Waals surface area (Å²) in [6.07, 6.45) is 0. The summed E-state index contributed by atoms with van der Waals surface area (Å²) in [5.74, 6) is 0.127. The molecule has 0 unspecified atom stereocenters. The Morgan fingerprint density at radius 3 is 2.57 bits per heavy atom. The first kappa shape index (κ1) is 19.3. The van der Waals surface area contributed by atoms with E-state index in [1.807, 2.05) is 11.8 Å². The number of hydrogen-bond acceptors (Lipinski definition) is 5. The summed E-state index contributed by atoms with van der Waals surface area (Å²) >= 11 is 3.32. The van der Waals surface area contributed by atoms with Crippen LogP contribution in [0.5, 0.6) is 0 Å². The average molecular weight is 412 g/mol. The largest absolute Gasteiger partial charge is 0.335 e. The molecule has 0 spiro atoms. The molecule has 0 bridgehead atoms. The molecule has 3 aromatic rings. The summed E-state index contributed by atoms with van der Waals surface area (Å²) in [6, 6.07) is 10.7. The Morgan fingerprint density at radius 1 is 1.11 bits per heavy atom. The highest BCUT2D eigenvalue weighted by atomic mass is 32.1. The van der Waals surface area contributed by atoms with Gasteiger partial charge in [0.15, 0.2) is 0 Å². The lowest BCUT2D eigenvalue weighted by Gasteiger charge is -2.34. The first-order valence-electron chi connectivity index (χ1n) is 9.60. The molecule has 0 atom stereocenters. The predicted molar refractivity (Wildman–Crippen MR) is 117 cm³/mol. The van der Waals surface area contributed by atoms with Crippen molar-refractivity contribution in [1.82, 2.24) is 14.8 Å². The van der Waals surface area contributed by atoms with Crippen molar-refractivity contribution >= 4 is 28.6 Å². The van der Waals surface area contributed by atoms with Crippen LogP contribution in [0, 0.1) is 20.8 Å². The van der Waals surface area contributed by atoms with E-state index in [9.17, 15) is 4.79 Å². The predicted octanol–water partition coefficient (Wildman–Crippen LogP) is 4.75. The number of thiophene rings is 1. The highest BCUT2D eigenvalue weighted by Gasteiger charge is 2.26. The number of amides is 1. The van der Waals surface area contributed by atoms with Crippen molar-refractivity contribution in [3.63, 3.8) is 0 Å². The van der Waals surface area contributed by atoms with Gasteiger partial charge >= 0.3 is 0 Å². The Balaban J connectivity index is 1.45. The SMILES string of the molecule is Cc1ccc(-c2nc(C)c(C(=O)N3CCN(Cc4cccs4)CC3)s2)c(C)c1. The van der Waals surface area contributed by atoms with Gasteiger partial charge in [-0.2, -0.15) is 0 Å². The molecule has 1 aromatic carbocycles. The second-order valence-corrected chi connectivity index (χ2v) is 9.43. The Morgan fingerprint density at radius 2 is 1.89 bits per heavy atom. The second-order valence-electron chi connectivity index (χ2n) is 7.40. The molecule has 0 saturated carbocycles. The van der Waals surface area contributed by atoms with Crippen LogP contribution in [0.15, 0.2) is 35.7 Å². The van der Waals surface area contributed by atoms with Crippen LogP contribution in [-0.4, -0.2) is 46.9 Å². The van der Waals surface area contributed by atoms with E-state index in [0.29, 0.717) is 0 Å². The molecule has 3 heterocycles. The van der Waals surface area contributed by atoms with Gasteiger partial charge < -0.3 is 4.90 Å². The molecular weight excluding hydrogens is 386 g/mol. The number of piperazine rings is 1. The fourth-order valence-electron chi connectivity index (χ4n) is 3.64. The Hall–Kier alpha value is -2.02. The van der Waals surface area contributed by atoms with E-state index in [2.05, 4.69) is 54.5 Å². The van der Waals surface area contributed by atoms with Gasteiger partial charge in [0.2, 0.25) is 0 Å². The molecule has 1 aliphatic rings. The van der Waals surface area contributed by atoms with E-state index in [0.717, 1.165) is 53.9 Å². The zero-order valence-corrected chi connectivity index (χ0v) is 18.2. The summed E-state index contributed by atoms with van der Waals surface area (Å²) in [5, 5.41) is 3.06. The zero-order chi connectivity index (χ0) is 19.7. The van der Waals surface area contributed by atoms with E-state index in [-0.39, 0.29) is 5.91 Å².